The van der Waals surface area contributed by atoms with Gasteiger partial charge in [0, 0.05) is 23.8 Å². The number of nitrogens with zero attached hydrogens (tertiary/aromatic N) is 1. The van der Waals surface area contributed by atoms with Crippen molar-refractivity contribution in [3.63, 3.8) is 0 Å². The quantitative estimate of drug-likeness (QED) is 0.847. The van der Waals surface area contributed by atoms with Crippen LogP contribution >= 0.6 is 0 Å². The van der Waals surface area contributed by atoms with Crippen molar-refractivity contribution in [3.05, 3.63) is 29.6 Å². The molecule has 0 aliphatic heterocycles. The summed E-state index contributed by atoms with van der Waals surface area (Å²) in [5, 5.41) is 0. The number of alkyl halides is 3. The Bertz CT molecular complexity index is 402. The van der Waals surface area contributed by atoms with Crippen molar-refractivity contribution in [2.24, 2.45) is 5.73 Å². The van der Waals surface area contributed by atoms with Gasteiger partial charge < -0.3 is 10.6 Å². The second-order valence-corrected chi connectivity index (χ2v) is 4.28. The van der Waals surface area contributed by atoms with Crippen molar-refractivity contribution in [1.82, 2.24) is 0 Å². The minimum Gasteiger partial charge on any atom is -0.360 e. The fourth-order valence-electron chi connectivity index (χ4n) is 1.76. The van der Waals surface area contributed by atoms with Gasteiger partial charge in [0.2, 0.25) is 0 Å². The monoisotopic (exact) mass is 264 g/mol. The molecule has 0 saturated heterocycles. The molecule has 2 nitrogen and oxygen atoms in total. The van der Waals surface area contributed by atoms with E-state index in [1.807, 2.05) is 0 Å². The molecule has 0 saturated carbocycles. The summed E-state index contributed by atoms with van der Waals surface area (Å²) in [5.74, 6) is -0.581. The summed E-state index contributed by atoms with van der Waals surface area (Å²) in [6, 6.07) is 3.63. The second-order valence-electron chi connectivity index (χ2n) is 4.28. The van der Waals surface area contributed by atoms with Gasteiger partial charge in [0.15, 0.2) is 0 Å². The second kappa shape index (κ2) is 5.56. The van der Waals surface area contributed by atoms with Gasteiger partial charge in [-0.05, 0) is 26.0 Å². The molecule has 1 rings (SSSR count). The summed E-state index contributed by atoms with van der Waals surface area (Å²) in [6.45, 7) is 1.98. The summed E-state index contributed by atoms with van der Waals surface area (Å²) >= 11 is 0. The molecule has 1 aromatic carbocycles. The Balaban J connectivity index is 3.18. The maximum absolute atomic E-state index is 13.5. The lowest BCUT2D eigenvalue weighted by molar-refractivity contribution is -0.120. The molecule has 102 valence electrons. The predicted octanol–water partition coefficient (Wildman–Crippen LogP) is 3.06. The van der Waals surface area contributed by atoms with E-state index in [9.17, 15) is 17.6 Å². The Morgan fingerprint density at radius 1 is 1.28 bits per heavy atom. The number of halogens is 4. The van der Waals surface area contributed by atoms with Gasteiger partial charge in [0.1, 0.15) is 12.4 Å². The third kappa shape index (κ3) is 3.60. The summed E-state index contributed by atoms with van der Waals surface area (Å²) in [6.07, 6.45) is -4.34. The highest BCUT2D eigenvalue weighted by atomic mass is 19.4. The Morgan fingerprint density at radius 3 is 2.33 bits per heavy atom. The van der Waals surface area contributed by atoms with Gasteiger partial charge in [-0.2, -0.15) is 13.2 Å². The maximum atomic E-state index is 13.5. The van der Waals surface area contributed by atoms with Crippen LogP contribution in [-0.4, -0.2) is 18.8 Å². The molecule has 1 aromatic rings. The van der Waals surface area contributed by atoms with Gasteiger partial charge in [0.05, 0.1) is 0 Å². The highest BCUT2D eigenvalue weighted by Crippen LogP contribution is 2.28. The molecule has 0 radical (unpaired) electrons. The van der Waals surface area contributed by atoms with Gasteiger partial charge in [-0.3, -0.25) is 0 Å². The van der Waals surface area contributed by atoms with E-state index in [1.54, 1.807) is 13.8 Å². The molecule has 0 amide bonds. The molecule has 0 spiro atoms. The topological polar surface area (TPSA) is 29.3 Å². The van der Waals surface area contributed by atoms with Crippen molar-refractivity contribution in [2.45, 2.75) is 32.6 Å². The summed E-state index contributed by atoms with van der Waals surface area (Å²) in [7, 11) is 0. The minimum absolute atomic E-state index is 0.107. The van der Waals surface area contributed by atoms with Crippen LogP contribution in [-0.2, 0) is 6.54 Å². The highest BCUT2D eigenvalue weighted by Gasteiger charge is 2.33. The van der Waals surface area contributed by atoms with Gasteiger partial charge >= 0.3 is 6.18 Å². The Hall–Kier alpha value is -1.30. The fourth-order valence-corrected chi connectivity index (χ4v) is 1.76. The molecule has 0 aromatic heterocycles. The Morgan fingerprint density at radius 2 is 1.89 bits per heavy atom. The van der Waals surface area contributed by atoms with E-state index in [2.05, 4.69) is 0 Å². The van der Waals surface area contributed by atoms with E-state index in [4.69, 9.17) is 5.73 Å². The number of hydrogen-bond donors (Lipinski definition) is 1. The Kier molecular flexibility index (Phi) is 4.56. The molecular formula is C12H16F4N2. The molecule has 0 fully saturated rings. The van der Waals surface area contributed by atoms with E-state index >= 15 is 0 Å². The highest BCUT2D eigenvalue weighted by molar-refractivity contribution is 5.55. The van der Waals surface area contributed by atoms with Crippen LogP contribution in [0.3, 0.4) is 0 Å². The van der Waals surface area contributed by atoms with E-state index < -0.39 is 24.6 Å². The molecule has 18 heavy (non-hydrogen) atoms. The molecule has 0 atom stereocenters. The SMILES string of the molecule is CC(C)N(CC(F)(F)F)c1cccc(F)c1CN. The van der Waals surface area contributed by atoms with E-state index in [0.29, 0.717) is 0 Å². The van der Waals surface area contributed by atoms with E-state index in [0.717, 1.165) is 4.90 Å². The molecule has 0 aliphatic carbocycles. The zero-order chi connectivity index (χ0) is 13.9. The van der Waals surface area contributed by atoms with Gasteiger partial charge in [-0.25, -0.2) is 4.39 Å². The number of nitrogens with two attached hydrogens (primary N) is 1. The van der Waals surface area contributed by atoms with Crippen molar-refractivity contribution < 1.29 is 17.6 Å². The average molecular weight is 264 g/mol. The van der Waals surface area contributed by atoms with Crippen LogP contribution in [0.4, 0.5) is 23.2 Å². The normalized spacial score (nSPS) is 12.0. The van der Waals surface area contributed by atoms with Crippen LogP contribution in [0.2, 0.25) is 0 Å². The molecular weight excluding hydrogens is 248 g/mol. The lowest BCUT2D eigenvalue weighted by Crippen LogP contribution is -2.40. The average Bonchev–Trinajstić information content (AvgIpc) is 2.24. The molecule has 0 unspecified atom stereocenters. The van der Waals surface area contributed by atoms with Gasteiger partial charge in [0.25, 0.3) is 0 Å². The molecule has 6 heteroatoms. The Labute approximate surface area is 103 Å². The van der Waals surface area contributed by atoms with Crippen molar-refractivity contribution in [1.29, 1.82) is 0 Å². The van der Waals surface area contributed by atoms with Crippen LogP contribution in [0.25, 0.3) is 0 Å². The van der Waals surface area contributed by atoms with Gasteiger partial charge in [-0.15, -0.1) is 0 Å². The van der Waals surface area contributed by atoms with Crippen LogP contribution in [0, 0.1) is 5.82 Å². The molecule has 0 heterocycles. The first kappa shape index (κ1) is 14.8. The van der Waals surface area contributed by atoms with Crippen LogP contribution in [0.1, 0.15) is 19.4 Å². The molecule has 2 N–H and O–H groups in total. The molecule has 0 aliphatic rings. The fraction of sp³-hybridized carbons (Fsp3) is 0.500. The van der Waals surface area contributed by atoms with Crippen LogP contribution in [0.15, 0.2) is 18.2 Å². The summed E-state index contributed by atoms with van der Waals surface area (Å²) in [5.41, 5.74) is 5.71. The lowest BCUT2D eigenvalue weighted by atomic mass is 10.1. The molecule has 0 bridgehead atoms. The van der Waals surface area contributed by atoms with Crippen molar-refractivity contribution >= 4 is 5.69 Å². The van der Waals surface area contributed by atoms with Crippen LogP contribution in [0.5, 0.6) is 0 Å². The lowest BCUT2D eigenvalue weighted by Gasteiger charge is -2.31. The smallest absolute Gasteiger partial charge is 0.360 e. The third-order valence-corrected chi connectivity index (χ3v) is 2.58. The first-order valence-corrected chi connectivity index (χ1v) is 5.57. The summed E-state index contributed by atoms with van der Waals surface area (Å²) < 4.78 is 51.1. The number of anilines is 1. The zero-order valence-electron chi connectivity index (χ0n) is 10.3. The zero-order valence-corrected chi connectivity index (χ0v) is 10.3. The first-order chi connectivity index (χ1) is 8.26. The minimum atomic E-state index is -4.34. The van der Waals surface area contributed by atoms with Crippen LogP contribution < -0.4 is 10.6 Å². The number of hydrogen-bond acceptors (Lipinski definition) is 2. The van der Waals surface area contributed by atoms with Gasteiger partial charge in [-0.1, -0.05) is 6.07 Å². The predicted molar refractivity (Wildman–Crippen MR) is 62.8 cm³/mol. The van der Waals surface area contributed by atoms with Crippen molar-refractivity contribution in [3.8, 4) is 0 Å². The van der Waals surface area contributed by atoms with Crippen molar-refractivity contribution in [2.75, 3.05) is 11.4 Å². The van der Waals surface area contributed by atoms with E-state index in [-0.39, 0.29) is 17.8 Å². The first-order valence-electron chi connectivity index (χ1n) is 5.57. The summed E-state index contributed by atoms with van der Waals surface area (Å²) in [4.78, 5) is 1.10. The number of benzene rings is 1. The third-order valence-electron chi connectivity index (χ3n) is 2.58. The largest absolute Gasteiger partial charge is 0.405 e. The standard InChI is InChI=1S/C12H16F4N2/c1-8(2)18(7-12(14,15)16)11-5-3-4-10(13)9(11)6-17/h3-5,8H,6-7,17H2,1-2H3. The number of rotatable bonds is 4. The maximum Gasteiger partial charge on any atom is 0.405 e. The van der Waals surface area contributed by atoms with E-state index in [1.165, 1.54) is 18.2 Å².